The first-order chi connectivity index (χ1) is 14.5. The summed E-state index contributed by atoms with van der Waals surface area (Å²) in [6.45, 7) is 0. The summed E-state index contributed by atoms with van der Waals surface area (Å²) in [6, 6.07) is 12.4. The Bertz CT molecular complexity index is 1340. The molecule has 0 amide bonds. The van der Waals surface area contributed by atoms with Gasteiger partial charge in [0.25, 0.3) is 0 Å². The summed E-state index contributed by atoms with van der Waals surface area (Å²) in [5.41, 5.74) is 2.40. The highest BCUT2D eigenvalue weighted by Gasteiger charge is 2.34. The molecular formula is C23H18N2O5. The van der Waals surface area contributed by atoms with Gasteiger partial charge in [-0.25, -0.2) is 0 Å². The molecular weight excluding hydrogens is 384 g/mol. The van der Waals surface area contributed by atoms with E-state index in [1.165, 1.54) is 13.2 Å². The summed E-state index contributed by atoms with van der Waals surface area (Å²) < 4.78 is 18.9. The highest BCUT2D eigenvalue weighted by atomic mass is 16.5. The van der Waals surface area contributed by atoms with E-state index in [1.807, 2.05) is 43.6 Å². The zero-order valence-corrected chi connectivity index (χ0v) is 16.4. The lowest BCUT2D eigenvalue weighted by Crippen LogP contribution is -2.22. The fraction of sp³-hybridized carbons (Fsp3) is 0.174. The largest absolute Gasteiger partial charge is 0.496 e. The molecule has 2 aromatic carbocycles. The second kappa shape index (κ2) is 6.88. The van der Waals surface area contributed by atoms with Gasteiger partial charge in [0.15, 0.2) is 5.43 Å². The summed E-state index contributed by atoms with van der Waals surface area (Å²) >= 11 is 0. The third-order valence-corrected chi connectivity index (χ3v) is 5.31. The number of methoxy groups -OCH3 is 1. The molecule has 0 radical (unpaired) electrons. The first kappa shape index (κ1) is 18.2. The van der Waals surface area contributed by atoms with Gasteiger partial charge < -0.3 is 13.9 Å². The van der Waals surface area contributed by atoms with Crippen LogP contribution in [0.3, 0.4) is 0 Å². The van der Waals surface area contributed by atoms with Gasteiger partial charge in [0.05, 0.1) is 19.7 Å². The Hall–Kier alpha value is -3.87. The van der Waals surface area contributed by atoms with Crippen molar-refractivity contribution in [3.63, 3.8) is 0 Å². The maximum absolute atomic E-state index is 13.1. The lowest BCUT2D eigenvalue weighted by atomic mass is 9.86. The molecule has 4 aromatic rings. The number of benzene rings is 2. The minimum absolute atomic E-state index is 0.124. The fourth-order valence-electron chi connectivity index (χ4n) is 3.96. The zero-order valence-electron chi connectivity index (χ0n) is 16.4. The van der Waals surface area contributed by atoms with Crippen LogP contribution in [0.4, 0.5) is 0 Å². The molecule has 150 valence electrons. The minimum Gasteiger partial charge on any atom is -0.496 e. The maximum atomic E-state index is 13.1. The van der Waals surface area contributed by atoms with E-state index in [1.54, 1.807) is 16.9 Å². The smallest absolute Gasteiger partial charge is 0.312 e. The summed E-state index contributed by atoms with van der Waals surface area (Å²) in [5.74, 6) is 0.358. The molecule has 0 spiro atoms. The van der Waals surface area contributed by atoms with E-state index in [-0.39, 0.29) is 23.7 Å². The Kier molecular flexibility index (Phi) is 4.17. The first-order valence-electron chi connectivity index (χ1n) is 9.48. The second-order valence-electron chi connectivity index (χ2n) is 7.21. The Balaban J connectivity index is 1.86. The van der Waals surface area contributed by atoms with Gasteiger partial charge in [-0.1, -0.05) is 30.3 Å². The van der Waals surface area contributed by atoms with E-state index in [0.29, 0.717) is 33.8 Å². The summed E-state index contributed by atoms with van der Waals surface area (Å²) in [4.78, 5) is 25.4. The van der Waals surface area contributed by atoms with Crippen LogP contribution in [0.2, 0.25) is 0 Å². The number of aryl methyl sites for hydroxylation is 1. The Labute approximate surface area is 171 Å². The van der Waals surface area contributed by atoms with E-state index in [9.17, 15) is 9.59 Å². The van der Waals surface area contributed by atoms with Crippen molar-refractivity contribution in [3.8, 4) is 22.8 Å². The zero-order chi connectivity index (χ0) is 20.8. The van der Waals surface area contributed by atoms with E-state index in [4.69, 9.17) is 13.9 Å². The number of fused-ring (bicyclic) bond motifs is 3. The molecule has 0 unspecified atom stereocenters. The van der Waals surface area contributed by atoms with Crippen LogP contribution >= 0.6 is 0 Å². The molecule has 3 heterocycles. The number of nitrogens with zero attached hydrogens (tertiary/aromatic N) is 2. The number of carbonyl (C=O) groups is 1. The van der Waals surface area contributed by atoms with E-state index < -0.39 is 0 Å². The van der Waals surface area contributed by atoms with E-state index in [2.05, 4.69) is 5.10 Å². The molecule has 5 rings (SSSR count). The van der Waals surface area contributed by atoms with Crippen LogP contribution in [0.5, 0.6) is 11.5 Å². The SMILES string of the molecule is COc1cc2c(c3oc(-c4ccccc4)cc(=O)c13)[C@H](c1cnn(C)c1)CC(=O)O2. The summed E-state index contributed by atoms with van der Waals surface area (Å²) in [5, 5.41) is 4.56. The molecule has 7 nitrogen and oxygen atoms in total. The summed E-state index contributed by atoms with van der Waals surface area (Å²) in [7, 11) is 3.28. The topological polar surface area (TPSA) is 83.6 Å². The van der Waals surface area contributed by atoms with Gasteiger partial charge in [0.2, 0.25) is 0 Å². The fourth-order valence-corrected chi connectivity index (χ4v) is 3.96. The Morgan fingerprint density at radius 3 is 2.67 bits per heavy atom. The number of aromatic nitrogens is 2. The van der Waals surface area contributed by atoms with E-state index in [0.717, 1.165) is 11.1 Å². The molecule has 0 aliphatic carbocycles. The van der Waals surface area contributed by atoms with Crippen molar-refractivity contribution in [2.24, 2.45) is 7.05 Å². The molecule has 1 atom stereocenters. The monoisotopic (exact) mass is 402 g/mol. The van der Waals surface area contributed by atoms with Gasteiger partial charge in [-0.2, -0.15) is 5.10 Å². The minimum atomic E-state index is -0.362. The highest BCUT2D eigenvalue weighted by molar-refractivity contribution is 5.93. The van der Waals surface area contributed by atoms with Gasteiger partial charge >= 0.3 is 5.97 Å². The predicted molar refractivity (Wildman–Crippen MR) is 110 cm³/mol. The first-order valence-corrected chi connectivity index (χ1v) is 9.48. The van der Waals surface area contributed by atoms with Crippen molar-refractivity contribution in [2.75, 3.05) is 7.11 Å². The van der Waals surface area contributed by atoms with Gasteiger partial charge in [0.1, 0.15) is 28.2 Å². The average Bonchev–Trinajstić information content (AvgIpc) is 3.18. The molecule has 1 aliphatic rings. The van der Waals surface area contributed by atoms with Crippen LogP contribution in [0, 0.1) is 0 Å². The molecule has 0 fully saturated rings. The molecule has 1 aliphatic heterocycles. The number of esters is 1. The number of hydrogen-bond donors (Lipinski definition) is 0. The highest BCUT2D eigenvalue weighted by Crippen LogP contribution is 2.46. The van der Waals surface area contributed by atoms with Crippen LogP contribution in [0.25, 0.3) is 22.3 Å². The molecule has 0 bridgehead atoms. The van der Waals surface area contributed by atoms with Crippen molar-refractivity contribution < 1.29 is 18.7 Å². The number of rotatable bonds is 3. The van der Waals surface area contributed by atoms with Crippen LogP contribution in [-0.2, 0) is 11.8 Å². The third-order valence-electron chi connectivity index (χ3n) is 5.31. The number of ether oxygens (including phenoxy) is 2. The molecule has 2 aromatic heterocycles. The second-order valence-corrected chi connectivity index (χ2v) is 7.21. The molecule has 0 N–H and O–H groups in total. The normalized spacial score (nSPS) is 15.7. The van der Waals surface area contributed by atoms with Crippen molar-refractivity contribution in [1.82, 2.24) is 9.78 Å². The van der Waals surface area contributed by atoms with Crippen molar-refractivity contribution >= 4 is 16.9 Å². The average molecular weight is 402 g/mol. The van der Waals surface area contributed by atoms with Crippen molar-refractivity contribution in [1.29, 1.82) is 0 Å². The van der Waals surface area contributed by atoms with Gasteiger partial charge in [-0.05, 0) is 5.56 Å². The van der Waals surface area contributed by atoms with Crippen LogP contribution in [0.15, 0.2) is 64.1 Å². The Morgan fingerprint density at radius 2 is 1.97 bits per heavy atom. The van der Waals surface area contributed by atoms with Crippen LogP contribution in [0.1, 0.15) is 23.5 Å². The molecule has 30 heavy (non-hydrogen) atoms. The van der Waals surface area contributed by atoms with Gasteiger partial charge in [-0.3, -0.25) is 14.3 Å². The molecule has 0 saturated carbocycles. The number of carbonyl (C=O) groups excluding carboxylic acids is 1. The maximum Gasteiger partial charge on any atom is 0.312 e. The lowest BCUT2D eigenvalue weighted by Gasteiger charge is -2.25. The summed E-state index contributed by atoms with van der Waals surface area (Å²) in [6.07, 6.45) is 3.68. The van der Waals surface area contributed by atoms with Gasteiger partial charge in [0, 0.05) is 42.4 Å². The van der Waals surface area contributed by atoms with Gasteiger partial charge in [-0.15, -0.1) is 0 Å². The number of hydrogen-bond acceptors (Lipinski definition) is 6. The quantitative estimate of drug-likeness (QED) is 0.384. The molecule has 7 heteroatoms. The van der Waals surface area contributed by atoms with Crippen molar-refractivity contribution in [2.45, 2.75) is 12.3 Å². The molecule has 0 saturated heterocycles. The standard InChI is InChI=1S/C23H18N2O5/c1-25-12-14(11-24-25)15-8-20(27)29-19-10-18(28-2)22-16(26)9-17(30-23(22)21(15)19)13-6-4-3-5-7-13/h3-7,9-12,15H,8H2,1-2H3/t15-/m0/s1. The lowest BCUT2D eigenvalue weighted by molar-refractivity contribution is -0.135. The van der Waals surface area contributed by atoms with Crippen LogP contribution in [-0.4, -0.2) is 22.9 Å². The van der Waals surface area contributed by atoms with Crippen molar-refractivity contribution in [3.05, 3.63) is 76.2 Å². The Morgan fingerprint density at radius 1 is 1.17 bits per heavy atom. The third kappa shape index (κ3) is 2.86. The van der Waals surface area contributed by atoms with E-state index >= 15 is 0 Å². The van der Waals surface area contributed by atoms with Crippen LogP contribution < -0.4 is 14.9 Å². The predicted octanol–water partition coefficient (Wildman–Crippen LogP) is 3.64.